The second-order valence-electron chi connectivity index (χ2n) is 5.73. The van der Waals surface area contributed by atoms with Crippen LogP contribution in [0.4, 0.5) is 11.8 Å². The number of anilines is 2. The fraction of sp³-hybridized carbons (Fsp3) is 0.375. The zero-order chi connectivity index (χ0) is 18.0. The lowest BCUT2D eigenvalue weighted by atomic mass is 10.1. The Balaban J connectivity index is 1.90. The third kappa shape index (κ3) is 3.86. The van der Waals surface area contributed by atoms with Crippen LogP contribution < -0.4 is 11.1 Å². The van der Waals surface area contributed by atoms with E-state index in [-0.39, 0.29) is 23.5 Å². The maximum Gasteiger partial charge on any atom is 0.223 e. The molecule has 0 bridgehead atoms. The van der Waals surface area contributed by atoms with E-state index in [0.717, 1.165) is 4.88 Å². The van der Waals surface area contributed by atoms with Crippen LogP contribution in [0, 0.1) is 17.8 Å². The Kier molecular flexibility index (Phi) is 5.42. The Morgan fingerprint density at radius 2 is 2.12 bits per heavy atom. The molecular formula is C16H17ClN4O3S. The average molecular weight is 381 g/mol. The van der Waals surface area contributed by atoms with E-state index >= 15 is 0 Å². The third-order valence-electron chi connectivity index (χ3n) is 4.07. The van der Waals surface area contributed by atoms with Crippen molar-refractivity contribution in [3.05, 3.63) is 33.1 Å². The van der Waals surface area contributed by atoms with E-state index in [1.165, 1.54) is 11.3 Å². The van der Waals surface area contributed by atoms with Crippen molar-refractivity contribution in [1.29, 1.82) is 0 Å². The lowest BCUT2D eigenvalue weighted by Crippen LogP contribution is -2.35. The van der Waals surface area contributed by atoms with E-state index in [1.54, 1.807) is 0 Å². The summed E-state index contributed by atoms with van der Waals surface area (Å²) in [6, 6.07) is 3.25. The normalized spacial score (nSPS) is 25.4. The molecule has 1 saturated carbocycles. The molecule has 2 heterocycles. The molecular weight excluding hydrogens is 364 g/mol. The highest BCUT2D eigenvalue weighted by Gasteiger charge is 2.41. The van der Waals surface area contributed by atoms with E-state index in [1.807, 2.05) is 17.5 Å². The predicted octanol–water partition coefficient (Wildman–Crippen LogP) is 0.688. The van der Waals surface area contributed by atoms with Crippen molar-refractivity contribution in [3.63, 3.8) is 0 Å². The summed E-state index contributed by atoms with van der Waals surface area (Å²) in [6.45, 7) is -0.214. The second-order valence-corrected chi connectivity index (χ2v) is 7.04. The average Bonchev–Trinajstić information content (AvgIpc) is 3.18. The van der Waals surface area contributed by atoms with Gasteiger partial charge < -0.3 is 26.4 Å². The summed E-state index contributed by atoms with van der Waals surface area (Å²) >= 11 is 7.65. The zero-order valence-corrected chi connectivity index (χ0v) is 14.6. The standard InChI is InChI=1S/C16H17ClN4O3S/c17-14-10(4-3-9-2-1-5-25-9)15(21-16(18)20-14)19-11-6-8(7-22)12(23)13(11)24/h1-2,5,8,11-13,22-24H,6-7H2,(H3,18,19,20,21)/t8-,11-,12-,13+/m1/s1. The van der Waals surface area contributed by atoms with E-state index in [4.69, 9.17) is 17.3 Å². The maximum atomic E-state index is 10.2. The van der Waals surface area contributed by atoms with Gasteiger partial charge in [-0.05, 0) is 17.9 Å². The van der Waals surface area contributed by atoms with Crippen molar-refractivity contribution in [2.75, 3.05) is 17.7 Å². The molecule has 1 aliphatic carbocycles. The SMILES string of the molecule is Nc1nc(Cl)c(C#Cc2cccs2)c(N[C@@H]2C[C@H](CO)[C@@H](O)[C@H]2O)n1. The van der Waals surface area contributed by atoms with E-state index in [9.17, 15) is 15.3 Å². The lowest BCUT2D eigenvalue weighted by molar-refractivity contribution is 0.00445. The first-order valence-electron chi connectivity index (χ1n) is 7.61. The van der Waals surface area contributed by atoms with Crippen molar-refractivity contribution in [1.82, 2.24) is 9.97 Å². The Bertz CT molecular complexity index is 806. The number of nitrogen functional groups attached to an aromatic ring is 1. The Morgan fingerprint density at radius 1 is 1.32 bits per heavy atom. The molecule has 4 atom stereocenters. The highest BCUT2D eigenvalue weighted by molar-refractivity contribution is 7.10. The third-order valence-corrected chi connectivity index (χ3v) is 5.13. The molecule has 0 spiro atoms. The molecule has 3 rings (SSSR count). The van der Waals surface area contributed by atoms with E-state index in [2.05, 4.69) is 27.1 Å². The molecule has 132 valence electrons. The lowest BCUT2D eigenvalue weighted by Gasteiger charge is -2.19. The van der Waals surface area contributed by atoms with Crippen LogP contribution in [-0.2, 0) is 0 Å². The minimum Gasteiger partial charge on any atom is -0.396 e. The number of hydrogen-bond donors (Lipinski definition) is 5. The van der Waals surface area contributed by atoms with Gasteiger partial charge in [-0.1, -0.05) is 29.5 Å². The number of halogens is 1. The Hall–Kier alpha value is -1.89. The molecule has 0 saturated heterocycles. The molecule has 7 nitrogen and oxygen atoms in total. The summed E-state index contributed by atoms with van der Waals surface area (Å²) < 4.78 is 0. The number of rotatable bonds is 3. The molecule has 6 N–H and O–H groups in total. The predicted molar refractivity (Wildman–Crippen MR) is 96.4 cm³/mol. The van der Waals surface area contributed by atoms with Gasteiger partial charge in [0.1, 0.15) is 17.5 Å². The van der Waals surface area contributed by atoms with Gasteiger partial charge in [-0.3, -0.25) is 0 Å². The van der Waals surface area contributed by atoms with Crippen molar-refractivity contribution in [3.8, 4) is 11.8 Å². The van der Waals surface area contributed by atoms with Gasteiger partial charge in [0.25, 0.3) is 0 Å². The molecule has 1 aliphatic rings. The van der Waals surface area contributed by atoms with Crippen LogP contribution in [-0.4, -0.2) is 50.1 Å². The number of aliphatic hydroxyl groups is 3. The molecule has 2 aromatic heterocycles. The molecule has 0 aromatic carbocycles. The number of nitrogens with one attached hydrogen (secondary N) is 1. The number of aliphatic hydroxyl groups excluding tert-OH is 3. The van der Waals surface area contributed by atoms with Crippen molar-refractivity contribution < 1.29 is 15.3 Å². The number of thiophene rings is 1. The molecule has 0 aliphatic heterocycles. The first-order chi connectivity index (χ1) is 12.0. The maximum absolute atomic E-state index is 10.2. The number of aromatic nitrogens is 2. The molecule has 1 fully saturated rings. The summed E-state index contributed by atoms with van der Waals surface area (Å²) in [5.41, 5.74) is 6.02. The largest absolute Gasteiger partial charge is 0.396 e. The summed E-state index contributed by atoms with van der Waals surface area (Å²) in [6.07, 6.45) is -1.69. The van der Waals surface area contributed by atoms with Crippen molar-refractivity contribution in [2.45, 2.75) is 24.7 Å². The van der Waals surface area contributed by atoms with Gasteiger partial charge in [0.2, 0.25) is 5.95 Å². The van der Waals surface area contributed by atoms with Gasteiger partial charge in [-0.2, -0.15) is 9.97 Å². The van der Waals surface area contributed by atoms with Gasteiger partial charge in [0.05, 0.1) is 17.0 Å². The molecule has 25 heavy (non-hydrogen) atoms. The van der Waals surface area contributed by atoms with E-state index < -0.39 is 24.2 Å². The Morgan fingerprint density at radius 3 is 2.76 bits per heavy atom. The molecule has 0 amide bonds. The topological polar surface area (TPSA) is 125 Å². The van der Waals surface area contributed by atoms with Gasteiger partial charge in [0, 0.05) is 12.5 Å². The Labute approximate surface area is 153 Å². The molecule has 2 aromatic rings. The van der Waals surface area contributed by atoms with Gasteiger partial charge in [-0.15, -0.1) is 11.3 Å². The van der Waals surface area contributed by atoms with Gasteiger partial charge >= 0.3 is 0 Å². The summed E-state index contributed by atoms with van der Waals surface area (Å²) in [5, 5.41) is 34.4. The van der Waals surface area contributed by atoms with E-state index in [0.29, 0.717) is 12.0 Å². The fourth-order valence-corrected chi connectivity index (χ4v) is 3.56. The van der Waals surface area contributed by atoms with Crippen LogP contribution in [0.5, 0.6) is 0 Å². The minimum absolute atomic E-state index is 0.0269. The minimum atomic E-state index is -1.05. The number of nitrogens with two attached hydrogens (primary N) is 1. The molecule has 9 heteroatoms. The first kappa shape index (κ1) is 17.9. The summed E-state index contributed by atoms with van der Waals surface area (Å²) in [7, 11) is 0. The highest BCUT2D eigenvalue weighted by Crippen LogP contribution is 2.30. The van der Waals surface area contributed by atoms with Crippen molar-refractivity contribution >= 4 is 34.7 Å². The summed E-state index contributed by atoms with van der Waals surface area (Å²) in [4.78, 5) is 8.90. The second kappa shape index (κ2) is 7.56. The van der Waals surface area contributed by atoms with Crippen LogP contribution >= 0.6 is 22.9 Å². The fourth-order valence-electron chi connectivity index (χ4n) is 2.76. The van der Waals surface area contributed by atoms with Crippen LogP contribution in [0.25, 0.3) is 0 Å². The quantitative estimate of drug-likeness (QED) is 0.392. The number of hydrogen-bond acceptors (Lipinski definition) is 8. The highest BCUT2D eigenvalue weighted by atomic mass is 35.5. The monoisotopic (exact) mass is 380 g/mol. The molecule has 0 radical (unpaired) electrons. The van der Waals surface area contributed by atoms with Crippen molar-refractivity contribution in [2.24, 2.45) is 5.92 Å². The first-order valence-corrected chi connectivity index (χ1v) is 8.87. The van der Waals surface area contributed by atoms with Crippen LogP contribution in [0.2, 0.25) is 5.15 Å². The van der Waals surface area contributed by atoms with Gasteiger partial charge in [0.15, 0.2) is 5.15 Å². The van der Waals surface area contributed by atoms with Crippen LogP contribution in [0.15, 0.2) is 17.5 Å². The zero-order valence-electron chi connectivity index (χ0n) is 13.1. The molecule has 0 unspecified atom stereocenters. The van der Waals surface area contributed by atoms with Crippen LogP contribution in [0.1, 0.15) is 16.9 Å². The summed E-state index contributed by atoms with van der Waals surface area (Å²) in [5.74, 6) is 5.75. The van der Waals surface area contributed by atoms with Crippen LogP contribution in [0.3, 0.4) is 0 Å². The van der Waals surface area contributed by atoms with Gasteiger partial charge in [-0.25, -0.2) is 0 Å². The number of nitrogens with zero attached hydrogens (tertiary/aromatic N) is 2. The smallest absolute Gasteiger partial charge is 0.223 e.